The van der Waals surface area contributed by atoms with E-state index < -0.39 is 0 Å². The molecule has 2 aromatic rings. The van der Waals surface area contributed by atoms with Crippen molar-refractivity contribution in [2.75, 3.05) is 0 Å². The van der Waals surface area contributed by atoms with Crippen molar-refractivity contribution in [1.82, 2.24) is 9.78 Å². The van der Waals surface area contributed by atoms with Crippen molar-refractivity contribution in [1.29, 1.82) is 5.26 Å². The minimum absolute atomic E-state index is 0.0801. The number of aromatic nitrogens is 2. The molecule has 0 atom stereocenters. The minimum atomic E-state index is -0.236. The van der Waals surface area contributed by atoms with Crippen molar-refractivity contribution in [3.8, 4) is 23.1 Å². The van der Waals surface area contributed by atoms with Crippen LogP contribution in [0.15, 0.2) is 35.1 Å². The second-order valence-electron chi connectivity index (χ2n) is 5.01. The first-order chi connectivity index (χ1) is 10.0. The third-order valence-corrected chi connectivity index (χ3v) is 2.93. The number of aryl methyl sites for hydroxylation is 1. The van der Waals surface area contributed by atoms with E-state index in [1.54, 1.807) is 13.1 Å². The van der Waals surface area contributed by atoms with Crippen LogP contribution in [0.1, 0.15) is 19.4 Å². The van der Waals surface area contributed by atoms with E-state index in [1.807, 2.05) is 44.2 Å². The van der Waals surface area contributed by atoms with E-state index in [-0.39, 0.29) is 18.1 Å². The maximum atomic E-state index is 11.8. The van der Waals surface area contributed by atoms with Crippen molar-refractivity contribution in [3.63, 3.8) is 0 Å². The van der Waals surface area contributed by atoms with Crippen LogP contribution in [0.5, 0.6) is 5.75 Å². The molecule has 1 aromatic carbocycles. The molecule has 21 heavy (non-hydrogen) atoms. The number of nitriles is 1. The molecule has 0 spiro atoms. The largest absolute Gasteiger partial charge is 0.491 e. The number of hydrogen-bond donors (Lipinski definition) is 0. The van der Waals surface area contributed by atoms with Crippen LogP contribution in [-0.2, 0) is 13.5 Å². The average molecular weight is 283 g/mol. The van der Waals surface area contributed by atoms with Gasteiger partial charge in [0.15, 0.2) is 0 Å². The molecule has 0 bridgehead atoms. The van der Waals surface area contributed by atoms with E-state index in [4.69, 9.17) is 10.00 Å². The Kier molecular flexibility index (Phi) is 4.39. The van der Waals surface area contributed by atoms with E-state index in [0.29, 0.717) is 11.3 Å². The third kappa shape index (κ3) is 3.48. The van der Waals surface area contributed by atoms with E-state index in [1.165, 1.54) is 4.68 Å². The van der Waals surface area contributed by atoms with E-state index >= 15 is 0 Å². The summed E-state index contributed by atoms with van der Waals surface area (Å²) >= 11 is 0. The Morgan fingerprint density at radius 2 is 2.00 bits per heavy atom. The smallest absolute Gasteiger partial charge is 0.270 e. The minimum Gasteiger partial charge on any atom is -0.491 e. The first-order valence-corrected chi connectivity index (χ1v) is 6.72. The molecule has 0 saturated carbocycles. The van der Waals surface area contributed by atoms with Gasteiger partial charge in [-0.2, -0.15) is 10.4 Å². The van der Waals surface area contributed by atoms with Gasteiger partial charge in [-0.15, -0.1) is 0 Å². The second-order valence-corrected chi connectivity index (χ2v) is 5.01. The normalized spacial score (nSPS) is 10.4. The van der Waals surface area contributed by atoms with Crippen LogP contribution < -0.4 is 10.3 Å². The van der Waals surface area contributed by atoms with Gasteiger partial charge in [0.05, 0.1) is 24.3 Å². The molecule has 0 fully saturated rings. The lowest BCUT2D eigenvalue weighted by Crippen LogP contribution is -2.23. The van der Waals surface area contributed by atoms with Crippen molar-refractivity contribution < 1.29 is 4.74 Å². The van der Waals surface area contributed by atoms with Gasteiger partial charge in [0.2, 0.25) is 0 Å². The Labute approximate surface area is 123 Å². The first-order valence-electron chi connectivity index (χ1n) is 6.72. The zero-order chi connectivity index (χ0) is 15.4. The zero-order valence-corrected chi connectivity index (χ0v) is 12.3. The zero-order valence-electron chi connectivity index (χ0n) is 12.3. The quantitative estimate of drug-likeness (QED) is 0.863. The van der Waals surface area contributed by atoms with Gasteiger partial charge in [0, 0.05) is 18.2 Å². The van der Waals surface area contributed by atoms with E-state index in [2.05, 4.69) is 5.10 Å². The lowest BCUT2D eigenvalue weighted by molar-refractivity contribution is 0.242. The van der Waals surface area contributed by atoms with Crippen molar-refractivity contribution >= 4 is 0 Å². The lowest BCUT2D eigenvalue weighted by atomic mass is 10.1. The molecule has 0 aliphatic heterocycles. The average Bonchev–Trinajstić information content (AvgIpc) is 2.44. The molecule has 0 amide bonds. The predicted molar refractivity (Wildman–Crippen MR) is 80.0 cm³/mol. The Morgan fingerprint density at radius 1 is 1.33 bits per heavy atom. The van der Waals surface area contributed by atoms with Crippen LogP contribution in [0, 0.1) is 11.3 Å². The standard InChI is InChI=1S/C16H17N3O2/c1-11(2)21-14-6-4-12(5-7-14)15-10-13(8-9-17)16(20)19(3)18-15/h4-7,10-11H,8H2,1-3H3. The Morgan fingerprint density at radius 3 is 2.57 bits per heavy atom. The number of ether oxygens (including phenoxy) is 1. The number of benzene rings is 1. The molecule has 5 heteroatoms. The fourth-order valence-corrected chi connectivity index (χ4v) is 2.00. The maximum absolute atomic E-state index is 11.8. The topological polar surface area (TPSA) is 67.9 Å². The molecular weight excluding hydrogens is 266 g/mol. The molecule has 0 saturated heterocycles. The van der Waals surface area contributed by atoms with Crippen LogP contribution in [0.2, 0.25) is 0 Å². The van der Waals surface area contributed by atoms with Crippen molar-refractivity contribution in [2.24, 2.45) is 7.05 Å². The highest BCUT2D eigenvalue weighted by atomic mass is 16.5. The summed E-state index contributed by atoms with van der Waals surface area (Å²) < 4.78 is 6.86. The van der Waals surface area contributed by atoms with Gasteiger partial charge in [-0.3, -0.25) is 4.79 Å². The van der Waals surface area contributed by atoms with Crippen LogP contribution >= 0.6 is 0 Å². The molecular formula is C16H17N3O2. The highest BCUT2D eigenvalue weighted by molar-refractivity contribution is 5.60. The fourth-order valence-electron chi connectivity index (χ4n) is 2.00. The van der Waals surface area contributed by atoms with Gasteiger partial charge in [-0.25, -0.2) is 4.68 Å². The van der Waals surface area contributed by atoms with Crippen LogP contribution in [0.25, 0.3) is 11.3 Å². The predicted octanol–water partition coefficient (Wildman–Crippen LogP) is 2.30. The van der Waals surface area contributed by atoms with Crippen LogP contribution in [0.3, 0.4) is 0 Å². The Bertz CT molecular complexity index is 725. The summed E-state index contributed by atoms with van der Waals surface area (Å²) in [4.78, 5) is 11.8. The van der Waals surface area contributed by atoms with Crippen LogP contribution in [-0.4, -0.2) is 15.9 Å². The third-order valence-electron chi connectivity index (χ3n) is 2.93. The Balaban J connectivity index is 2.38. The van der Waals surface area contributed by atoms with Gasteiger partial charge in [-0.05, 0) is 44.2 Å². The first kappa shape index (κ1) is 14.8. The monoisotopic (exact) mass is 283 g/mol. The highest BCUT2D eigenvalue weighted by Crippen LogP contribution is 2.21. The molecule has 2 rings (SSSR count). The van der Waals surface area contributed by atoms with Gasteiger partial charge in [0.25, 0.3) is 5.56 Å². The van der Waals surface area contributed by atoms with Gasteiger partial charge < -0.3 is 4.74 Å². The number of rotatable bonds is 4. The van der Waals surface area contributed by atoms with E-state index in [9.17, 15) is 4.79 Å². The summed E-state index contributed by atoms with van der Waals surface area (Å²) in [6, 6.07) is 11.2. The highest BCUT2D eigenvalue weighted by Gasteiger charge is 2.08. The molecule has 0 radical (unpaired) electrons. The second kappa shape index (κ2) is 6.23. The molecule has 1 heterocycles. The van der Waals surface area contributed by atoms with E-state index in [0.717, 1.165) is 11.3 Å². The molecule has 1 aromatic heterocycles. The Hall–Kier alpha value is -2.61. The lowest BCUT2D eigenvalue weighted by Gasteiger charge is -2.10. The summed E-state index contributed by atoms with van der Waals surface area (Å²) in [5.74, 6) is 0.788. The fraction of sp³-hybridized carbons (Fsp3) is 0.312. The molecule has 0 unspecified atom stereocenters. The van der Waals surface area contributed by atoms with Crippen molar-refractivity contribution in [3.05, 3.63) is 46.2 Å². The summed E-state index contributed by atoms with van der Waals surface area (Å²) in [5.41, 5.74) is 1.76. The number of hydrogen-bond acceptors (Lipinski definition) is 4. The number of nitrogens with zero attached hydrogens (tertiary/aromatic N) is 3. The molecule has 5 nitrogen and oxygen atoms in total. The van der Waals surface area contributed by atoms with Gasteiger partial charge in [-0.1, -0.05) is 0 Å². The summed E-state index contributed by atoms with van der Waals surface area (Å²) in [7, 11) is 1.59. The SMILES string of the molecule is CC(C)Oc1ccc(-c2cc(CC#N)c(=O)n(C)n2)cc1. The molecule has 0 aliphatic carbocycles. The van der Waals surface area contributed by atoms with Gasteiger partial charge in [0.1, 0.15) is 5.75 Å². The molecule has 0 N–H and O–H groups in total. The summed E-state index contributed by atoms with van der Waals surface area (Å²) in [6.07, 6.45) is 0.199. The molecule has 0 aliphatic rings. The summed E-state index contributed by atoms with van der Waals surface area (Å²) in [6.45, 7) is 3.94. The van der Waals surface area contributed by atoms with Crippen LogP contribution in [0.4, 0.5) is 0 Å². The van der Waals surface area contributed by atoms with Crippen molar-refractivity contribution in [2.45, 2.75) is 26.4 Å². The molecule has 108 valence electrons. The maximum Gasteiger partial charge on any atom is 0.270 e. The summed E-state index contributed by atoms with van der Waals surface area (Å²) in [5, 5.41) is 13.0. The van der Waals surface area contributed by atoms with Gasteiger partial charge >= 0.3 is 0 Å².